The highest BCUT2D eigenvalue weighted by molar-refractivity contribution is 5.73. The first-order valence-electron chi connectivity index (χ1n) is 8.22. The molecular weight excluding hydrogens is 337 g/mol. The topological polar surface area (TPSA) is 83.7 Å². The molecule has 1 aromatic carbocycles. The Morgan fingerprint density at radius 2 is 2.27 bits per heavy atom. The molecule has 0 fully saturated rings. The molecule has 134 valence electrons. The Labute approximate surface area is 149 Å². The maximum Gasteiger partial charge on any atom is 0.166 e. The Morgan fingerprint density at radius 3 is 3.12 bits per heavy atom. The fraction of sp³-hybridized carbons (Fsp3) is 0.222. The number of benzene rings is 1. The molecule has 1 aliphatic heterocycles. The van der Waals surface area contributed by atoms with Crippen LogP contribution in [-0.4, -0.2) is 32.9 Å². The lowest BCUT2D eigenvalue weighted by Gasteiger charge is -2.20. The van der Waals surface area contributed by atoms with Gasteiger partial charge in [-0.25, -0.2) is 13.9 Å². The standard InChI is InChI=1S/C18H18FN5O2/c1-10-14-9-21-24-5-3-16(23-18(14)24)22-11(2)13-7-12(19)8-15(25)17(13)26-6-4-20-10/h3,5,7-9,11,20,25H,1,4,6H2,2H3,(H,22,23)/t11-/m1/s1. The van der Waals surface area contributed by atoms with Crippen molar-refractivity contribution in [2.45, 2.75) is 13.0 Å². The van der Waals surface area contributed by atoms with Gasteiger partial charge in [0.05, 0.1) is 17.8 Å². The number of phenols is 1. The van der Waals surface area contributed by atoms with Crippen molar-refractivity contribution in [3.8, 4) is 11.5 Å². The van der Waals surface area contributed by atoms with Crippen molar-refractivity contribution in [2.24, 2.45) is 0 Å². The number of fused-ring (bicyclic) bond motifs is 2. The van der Waals surface area contributed by atoms with Crippen LogP contribution in [0.5, 0.6) is 11.5 Å². The van der Waals surface area contributed by atoms with Crippen LogP contribution < -0.4 is 15.4 Å². The molecule has 4 rings (SSSR count). The van der Waals surface area contributed by atoms with E-state index in [0.717, 1.165) is 11.6 Å². The molecule has 1 aliphatic rings. The van der Waals surface area contributed by atoms with Gasteiger partial charge in [0.2, 0.25) is 0 Å². The fourth-order valence-corrected chi connectivity index (χ4v) is 2.99. The monoisotopic (exact) mass is 355 g/mol. The number of anilines is 1. The summed E-state index contributed by atoms with van der Waals surface area (Å²) in [5, 5.41) is 20.8. The maximum atomic E-state index is 13.8. The number of halogens is 1. The van der Waals surface area contributed by atoms with E-state index in [9.17, 15) is 9.50 Å². The van der Waals surface area contributed by atoms with E-state index in [1.54, 1.807) is 23.0 Å². The normalized spacial score (nSPS) is 17.3. The largest absolute Gasteiger partial charge is 0.504 e. The Hall–Kier alpha value is -3.29. The van der Waals surface area contributed by atoms with Crippen LogP contribution in [0.25, 0.3) is 11.3 Å². The number of phenolic OH excluding ortho intramolecular Hbond substituents is 1. The lowest BCUT2D eigenvalue weighted by molar-refractivity contribution is 0.297. The summed E-state index contributed by atoms with van der Waals surface area (Å²) < 4.78 is 21.2. The van der Waals surface area contributed by atoms with E-state index in [0.29, 0.717) is 29.3 Å². The summed E-state index contributed by atoms with van der Waals surface area (Å²) in [6.07, 6.45) is 3.48. The number of ether oxygens (including phenoxy) is 1. The predicted octanol–water partition coefficient (Wildman–Crippen LogP) is 2.70. The SMILES string of the molecule is C=C1NCCOc2c(O)cc(F)cc2[C@@H](C)Nc2ccn3ncc1c3n2. The molecule has 0 saturated heterocycles. The number of hydrogen-bond acceptors (Lipinski definition) is 6. The number of nitrogens with one attached hydrogen (secondary N) is 2. The molecule has 3 N–H and O–H groups in total. The van der Waals surface area contributed by atoms with Crippen molar-refractivity contribution in [3.63, 3.8) is 0 Å². The van der Waals surface area contributed by atoms with Gasteiger partial charge in [0.1, 0.15) is 18.2 Å². The van der Waals surface area contributed by atoms with Gasteiger partial charge in [0.25, 0.3) is 0 Å². The van der Waals surface area contributed by atoms with E-state index >= 15 is 0 Å². The van der Waals surface area contributed by atoms with Gasteiger partial charge in [-0.2, -0.15) is 5.10 Å². The summed E-state index contributed by atoms with van der Waals surface area (Å²) >= 11 is 0. The quantitative estimate of drug-likeness (QED) is 0.575. The summed E-state index contributed by atoms with van der Waals surface area (Å²) in [5.74, 6) is 0.0776. The van der Waals surface area contributed by atoms with Crippen molar-refractivity contribution in [2.75, 3.05) is 18.5 Å². The second-order valence-electron chi connectivity index (χ2n) is 6.10. The van der Waals surface area contributed by atoms with E-state index in [4.69, 9.17) is 4.74 Å². The summed E-state index contributed by atoms with van der Waals surface area (Å²) in [6.45, 7) is 6.60. The minimum atomic E-state index is -0.532. The number of hydrogen-bond donors (Lipinski definition) is 3. The molecular formula is C18H18FN5O2. The van der Waals surface area contributed by atoms with Gasteiger partial charge in [-0.1, -0.05) is 6.58 Å². The van der Waals surface area contributed by atoms with Crippen LogP contribution in [0.4, 0.5) is 10.2 Å². The van der Waals surface area contributed by atoms with Crippen molar-refractivity contribution in [1.82, 2.24) is 19.9 Å². The first-order valence-corrected chi connectivity index (χ1v) is 8.22. The minimum absolute atomic E-state index is 0.234. The Balaban J connectivity index is 1.82. The molecule has 2 aromatic heterocycles. The maximum absolute atomic E-state index is 13.8. The van der Waals surface area contributed by atoms with Crippen LogP contribution in [0.15, 0.2) is 37.2 Å². The molecule has 2 bridgehead atoms. The zero-order valence-electron chi connectivity index (χ0n) is 14.2. The van der Waals surface area contributed by atoms with Crippen molar-refractivity contribution < 1.29 is 14.2 Å². The molecule has 0 amide bonds. The molecule has 0 saturated carbocycles. The third-order valence-corrected chi connectivity index (χ3v) is 4.27. The van der Waals surface area contributed by atoms with Crippen LogP contribution in [0.3, 0.4) is 0 Å². The van der Waals surface area contributed by atoms with Crippen LogP contribution in [0.2, 0.25) is 0 Å². The lowest BCUT2D eigenvalue weighted by atomic mass is 10.1. The van der Waals surface area contributed by atoms with Crippen molar-refractivity contribution in [3.05, 3.63) is 54.1 Å². The van der Waals surface area contributed by atoms with Crippen LogP contribution in [0, 0.1) is 5.82 Å². The minimum Gasteiger partial charge on any atom is -0.504 e. The van der Waals surface area contributed by atoms with E-state index in [2.05, 4.69) is 27.3 Å². The Morgan fingerprint density at radius 1 is 1.42 bits per heavy atom. The second-order valence-corrected chi connectivity index (χ2v) is 6.10. The van der Waals surface area contributed by atoms with Gasteiger partial charge in [0, 0.05) is 30.1 Å². The summed E-state index contributed by atoms with van der Waals surface area (Å²) in [7, 11) is 0. The molecule has 3 heterocycles. The molecule has 0 spiro atoms. The Kier molecular flexibility index (Phi) is 3.87. The van der Waals surface area contributed by atoms with E-state index in [1.165, 1.54) is 6.07 Å². The summed E-state index contributed by atoms with van der Waals surface area (Å²) in [6, 6.07) is 3.82. The van der Waals surface area contributed by atoms with Crippen LogP contribution >= 0.6 is 0 Å². The van der Waals surface area contributed by atoms with Crippen LogP contribution in [-0.2, 0) is 0 Å². The smallest absolute Gasteiger partial charge is 0.166 e. The number of nitrogens with zero attached hydrogens (tertiary/aromatic N) is 3. The molecule has 7 nitrogen and oxygen atoms in total. The third kappa shape index (κ3) is 2.79. The third-order valence-electron chi connectivity index (χ3n) is 4.27. The van der Waals surface area contributed by atoms with Gasteiger partial charge in [-0.05, 0) is 19.1 Å². The number of aromatic nitrogens is 3. The van der Waals surface area contributed by atoms with E-state index in [-0.39, 0.29) is 24.1 Å². The lowest BCUT2D eigenvalue weighted by Crippen LogP contribution is -2.20. The molecule has 0 aliphatic carbocycles. The van der Waals surface area contributed by atoms with Gasteiger partial charge in [-0.3, -0.25) is 0 Å². The van der Waals surface area contributed by atoms with Crippen molar-refractivity contribution >= 4 is 17.2 Å². The molecule has 1 atom stereocenters. The average Bonchev–Trinajstić information content (AvgIpc) is 3.02. The molecule has 3 aromatic rings. The van der Waals surface area contributed by atoms with Crippen molar-refractivity contribution in [1.29, 1.82) is 0 Å². The predicted molar refractivity (Wildman–Crippen MR) is 95.6 cm³/mol. The van der Waals surface area contributed by atoms with Gasteiger partial charge in [0.15, 0.2) is 17.1 Å². The second kappa shape index (κ2) is 6.21. The highest BCUT2D eigenvalue weighted by atomic mass is 19.1. The molecule has 0 unspecified atom stereocenters. The molecule has 8 heteroatoms. The first kappa shape index (κ1) is 16.2. The van der Waals surface area contributed by atoms with Gasteiger partial charge >= 0.3 is 0 Å². The highest BCUT2D eigenvalue weighted by Gasteiger charge is 2.19. The fourth-order valence-electron chi connectivity index (χ4n) is 2.99. The van der Waals surface area contributed by atoms with E-state index < -0.39 is 5.82 Å². The summed E-state index contributed by atoms with van der Waals surface area (Å²) in [5.41, 5.74) is 2.62. The Bertz CT molecular complexity index is 1000. The van der Waals surface area contributed by atoms with Crippen LogP contribution in [0.1, 0.15) is 24.1 Å². The van der Waals surface area contributed by atoms with E-state index in [1.807, 2.05) is 6.92 Å². The molecule has 0 radical (unpaired) electrons. The van der Waals surface area contributed by atoms with Gasteiger partial charge < -0.3 is 20.5 Å². The number of aromatic hydroxyl groups is 1. The zero-order chi connectivity index (χ0) is 18.3. The first-order chi connectivity index (χ1) is 12.5. The average molecular weight is 355 g/mol. The highest BCUT2D eigenvalue weighted by Crippen LogP contribution is 2.36. The zero-order valence-corrected chi connectivity index (χ0v) is 14.2. The number of rotatable bonds is 0. The molecule has 26 heavy (non-hydrogen) atoms. The summed E-state index contributed by atoms with van der Waals surface area (Å²) in [4.78, 5) is 4.59. The van der Waals surface area contributed by atoms with Gasteiger partial charge in [-0.15, -0.1) is 0 Å².